The zero-order valence-electron chi connectivity index (χ0n) is 13.5. The highest BCUT2D eigenvalue weighted by Gasteiger charge is 2.35. The van der Waals surface area contributed by atoms with E-state index in [4.69, 9.17) is 15.2 Å². The summed E-state index contributed by atoms with van der Waals surface area (Å²) in [5.74, 6) is 0.887. The molecule has 2 heterocycles. The van der Waals surface area contributed by atoms with Crippen molar-refractivity contribution in [2.75, 3.05) is 19.9 Å². The van der Waals surface area contributed by atoms with Crippen molar-refractivity contribution in [3.63, 3.8) is 0 Å². The number of benzene rings is 1. The lowest BCUT2D eigenvalue weighted by Crippen LogP contribution is -2.49. The molecule has 1 aromatic rings. The van der Waals surface area contributed by atoms with Crippen molar-refractivity contribution in [1.29, 1.82) is 0 Å². The fourth-order valence-electron chi connectivity index (χ4n) is 2.88. The van der Waals surface area contributed by atoms with E-state index in [9.17, 15) is 9.59 Å². The first-order valence-electron chi connectivity index (χ1n) is 7.81. The van der Waals surface area contributed by atoms with Crippen LogP contribution in [0.2, 0.25) is 0 Å². The zero-order valence-corrected chi connectivity index (χ0v) is 14.3. The molecule has 0 spiro atoms. The number of fused-ring (bicyclic) bond motifs is 1. The summed E-state index contributed by atoms with van der Waals surface area (Å²) in [7, 11) is 0. The van der Waals surface area contributed by atoms with Crippen LogP contribution in [0.1, 0.15) is 30.1 Å². The van der Waals surface area contributed by atoms with Gasteiger partial charge in [-0.15, -0.1) is 12.4 Å². The van der Waals surface area contributed by atoms with Gasteiger partial charge in [0.05, 0.1) is 0 Å². The average molecular weight is 356 g/mol. The molecule has 2 atom stereocenters. The van der Waals surface area contributed by atoms with Crippen molar-refractivity contribution < 1.29 is 19.1 Å². The Morgan fingerprint density at radius 2 is 2.12 bits per heavy atom. The Bertz CT molecular complexity index is 625. The second-order valence-electron chi connectivity index (χ2n) is 5.87. The lowest BCUT2D eigenvalue weighted by atomic mass is 10.1. The lowest BCUT2D eigenvalue weighted by molar-refractivity contribution is -0.125. The second-order valence-corrected chi connectivity index (χ2v) is 5.87. The van der Waals surface area contributed by atoms with Crippen molar-refractivity contribution in [1.82, 2.24) is 10.2 Å². The quantitative estimate of drug-likeness (QED) is 0.837. The van der Waals surface area contributed by atoms with Gasteiger partial charge in [0, 0.05) is 24.7 Å². The van der Waals surface area contributed by atoms with Crippen LogP contribution in [0.4, 0.5) is 0 Å². The molecule has 0 radical (unpaired) electrons. The minimum absolute atomic E-state index is 0. The van der Waals surface area contributed by atoms with Gasteiger partial charge < -0.3 is 25.4 Å². The number of rotatable bonds is 4. The molecule has 3 rings (SSSR count). The summed E-state index contributed by atoms with van der Waals surface area (Å²) in [6.45, 7) is 2.95. The maximum absolute atomic E-state index is 12.7. The number of amides is 2. The molecular weight excluding hydrogens is 334 g/mol. The average Bonchev–Trinajstić information content (AvgIpc) is 3.21. The molecule has 0 aromatic heterocycles. The van der Waals surface area contributed by atoms with Crippen LogP contribution in [0, 0.1) is 0 Å². The van der Waals surface area contributed by atoms with Crippen LogP contribution in [0.3, 0.4) is 0 Å². The number of nitrogens with two attached hydrogens (primary N) is 1. The van der Waals surface area contributed by atoms with Crippen LogP contribution in [0.5, 0.6) is 11.5 Å². The maximum Gasteiger partial charge on any atom is 0.254 e. The highest BCUT2D eigenvalue weighted by molar-refractivity contribution is 5.98. The van der Waals surface area contributed by atoms with E-state index in [1.807, 2.05) is 6.92 Å². The Labute approximate surface area is 146 Å². The largest absolute Gasteiger partial charge is 0.454 e. The van der Waals surface area contributed by atoms with Gasteiger partial charge in [0.15, 0.2) is 11.5 Å². The third kappa shape index (κ3) is 3.57. The molecule has 8 heteroatoms. The highest BCUT2D eigenvalue weighted by Crippen LogP contribution is 2.33. The summed E-state index contributed by atoms with van der Waals surface area (Å²) < 4.78 is 10.6. The van der Waals surface area contributed by atoms with E-state index in [1.54, 1.807) is 23.1 Å². The standard InChI is InChI=1S/C16H21N3O4.ClH/c1-10(8-17)18-15(20)12-3-2-6-19(12)16(21)11-4-5-13-14(7-11)23-9-22-13;/h4-5,7,10,12H,2-3,6,8-9,17H2,1H3,(H,18,20);1H/t10-,12?;/m0./s1. The molecule has 2 aliphatic rings. The minimum Gasteiger partial charge on any atom is -0.454 e. The van der Waals surface area contributed by atoms with Gasteiger partial charge in [0.25, 0.3) is 5.91 Å². The number of halogens is 1. The van der Waals surface area contributed by atoms with Crippen molar-refractivity contribution in [2.24, 2.45) is 5.73 Å². The van der Waals surface area contributed by atoms with Crippen LogP contribution in [0.25, 0.3) is 0 Å². The molecule has 1 unspecified atom stereocenters. The molecular formula is C16H22ClN3O4. The van der Waals surface area contributed by atoms with Crippen LogP contribution < -0.4 is 20.5 Å². The van der Waals surface area contributed by atoms with Gasteiger partial charge in [0.1, 0.15) is 6.04 Å². The third-order valence-electron chi connectivity index (χ3n) is 4.18. The molecule has 2 amide bonds. The van der Waals surface area contributed by atoms with Gasteiger partial charge in [-0.1, -0.05) is 0 Å². The number of nitrogens with zero attached hydrogens (tertiary/aromatic N) is 1. The monoisotopic (exact) mass is 355 g/mol. The van der Waals surface area contributed by atoms with Gasteiger partial charge in [-0.05, 0) is 38.0 Å². The van der Waals surface area contributed by atoms with Gasteiger partial charge in [-0.25, -0.2) is 0 Å². The minimum atomic E-state index is -0.443. The molecule has 3 N–H and O–H groups in total. The number of nitrogens with one attached hydrogen (secondary N) is 1. The highest BCUT2D eigenvalue weighted by atomic mass is 35.5. The van der Waals surface area contributed by atoms with Crippen LogP contribution in [0.15, 0.2) is 18.2 Å². The number of likely N-dealkylation sites (tertiary alicyclic amines) is 1. The molecule has 1 fully saturated rings. The van der Waals surface area contributed by atoms with Crippen LogP contribution in [-0.4, -0.2) is 48.7 Å². The van der Waals surface area contributed by atoms with Crippen LogP contribution >= 0.6 is 12.4 Å². The number of hydrogen-bond donors (Lipinski definition) is 2. The predicted molar refractivity (Wildman–Crippen MR) is 90.5 cm³/mol. The van der Waals surface area contributed by atoms with E-state index in [0.29, 0.717) is 36.6 Å². The van der Waals surface area contributed by atoms with Crippen molar-refractivity contribution >= 4 is 24.2 Å². The number of ether oxygens (including phenoxy) is 2. The van der Waals surface area contributed by atoms with Gasteiger partial charge in [-0.3, -0.25) is 9.59 Å². The number of carbonyl (C=O) groups excluding carboxylic acids is 2. The number of carbonyl (C=O) groups is 2. The van der Waals surface area contributed by atoms with E-state index in [-0.39, 0.29) is 37.1 Å². The molecule has 1 aromatic carbocycles. The summed E-state index contributed by atoms with van der Waals surface area (Å²) in [6.07, 6.45) is 1.48. The Kier molecular flexibility index (Phi) is 5.90. The van der Waals surface area contributed by atoms with E-state index in [0.717, 1.165) is 6.42 Å². The predicted octanol–water partition coefficient (Wildman–Crippen LogP) is 0.905. The molecule has 0 aliphatic carbocycles. The molecule has 132 valence electrons. The first-order valence-corrected chi connectivity index (χ1v) is 7.81. The zero-order chi connectivity index (χ0) is 16.4. The molecule has 24 heavy (non-hydrogen) atoms. The molecule has 7 nitrogen and oxygen atoms in total. The fraction of sp³-hybridized carbons (Fsp3) is 0.500. The third-order valence-corrected chi connectivity index (χ3v) is 4.18. The summed E-state index contributed by atoms with van der Waals surface area (Å²) in [4.78, 5) is 26.7. The fourth-order valence-corrected chi connectivity index (χ4v) is 2.88. The van der Waals surface area contributed by atoms with E-state index in [1.165, 1.54) is 0 Å². The van der Waals surface area contributed by atoms with Crippen molar-refractivity contribution in [2.45, 2.75) is 31.8 Å². The smallest absolute Gasteiger partial charge is 0.254 e. The molecule has 2 aliphatic heterocycles. The molecule has 0 saturated carbocycles. The van der Waals surface area contributed by atoms with E-state index >= 15 is 0 Å². The van der Waals surface area contributed by atoms with Gasteiger partial charge in [0.2, 0.25) is 12.7 Å². The van der Waals surface area contributed by atoms with Crippen molar-refractivity contribution in [3.05, 3.63) is 23.8 Å². The summed E-state index contributed by atoms with van der Waals surface area (Å²) >= 11 is 0. The van der Waals surface area contributed by atoms with Crippen molar-refractivity contribution in [3.8, 4) is 11.5 Å². The first kappa shape index (κ1) is 18.4. The number of hydrogen-bond acceptors (Lipinski definition) is 5. The second kappa shape index (κ2) is 7.72. The normalized spacial score (nSPS) is 19.6. The Morgan fingerprint density at radius 1 is 1.38 bits per heavy atom. The van der Waals surface area contributed by atoms with Gasteiger partial charge >= 0.3 is 0 Å². The van der Waals surface area contributed by atoms with E-state index < -0.39 is 6.04 Å². The SMILES string of the molecule is C[C@@H](CN)NC(=O)C1CCCN1C(=O)c1ccc2c(c1)OCO2.Cl. The molecule has 0 bridgehead atoms. The summed E-state index contributed by atoms with van der Waals surface area (Å²) in [5.41, 5.74) is 6.04. The molecule has 1 saturated heterocycles. The van der Waals surface area contributed by atoms with E-state index in [2.05, 4.69) is 5.32 Å². The summed E-state index contributed by atoms with van der Waals surface area (Å²) in [6, 6.07) is 4.54. The summed E-state index contributed by atoms with van der Waals surface area (Å²) in [5, 5.41) is 2.85. The van der Waals surface area contributed by atoms with Crippen LogP contribution in [-0.2, 0) is 4.79 Å². The van der Waals surface area contributed by atoms with Gasteiger partial charge in [-0.2, -0.15) is 0 Å². The Morgan fingerprint density at radius 3 is 2.88 bits per heavy atom. The Hall–Kier alpha value is -1.99. The first-order chi connectivity index (χ1) is 11.1. The Balaban J connectivity index is 0.00000208. The lowest BCUT2D eigenvalue weighted by Gasteiger charge is -2.25. The maximum atomic E-state index is 12.7. The topological polar surface area (TPSA) is 93.9 Å².